The van der Waals surface area contributed by atoms with E-state index in [1.54, 1.807) is 0 Å². The molecule has 0 unspecified atom stereocenters. The van der Waals surface area contributed by atoms with E-state index in [9.17, 15) is 9.00 Å². The second-order valence-electron chi connectivity index (χ2n) is 3.66. The molecule has 2 atom stereocenters. The van der Waals surface area contributed by atoms with E-state index in [1.165, 1.54) is 0 Å². The zero-order valence-electron chi connectivity index (χ0n) is 9.13. The lowest BCUT2D eigenvalue weighted by molar-refractivity contribution is 0.135. The van der Waals surface area contributed by atoms with Gasteiger partial charge in [0.25, 0.3) is 0 Å². The standard InChI is InChI=1S/C11H13NO4S/c13-11(12-10-7-16-17(14)8-10)15-6-9-4-2-1-3-5-9/h1-5,10H,6-8H2,(H,12,13)/t10-,17-/m1/s1. The fourth-order valence-corrected chi connectivity index (χ4v) is 2.35. The monoisotopic (exact) mass is 255 g/mol. The highest BCUT2D eigenvalue weighted by Crippen LogP contribution is 2.05. The van der Waals surface area contributed by atoms with Crippen molar-refractivity contribution >= 4 is 17.2 Å². The van der Waals surface area contributed by atoms with E-state index in [0.717, 1.165) is 5.56 Å². The number of benzene rings is 1. The lowest BCUT2D eigenvalue weighted by Crippen LogP contribution is -2.37. The number of rotatable bonds is 3. The maximum atomic E-state index is 11.4. The van der Waals surface area contributed by atoms with Crippen molar-refractivity contribution < 1.29 is 17.9 Å². The summed E-state index contributed by atoms with van der Waals surface area (Å²) in [6, 6.07) is 9.19. The van der Waals surface area contributed by atoms with Crippen LogP contribution in [0.1, 0.15) is 5.56 Å². The highest BCUT2D eigenvalue weighted by atomic mass is 32.2. The van der Waals surface area contributed by atoms with Crippen LogP contribution in [0, 0.1) is 0 Å². The molecule has 2 rings (SSSR count). The van der Waals surface area contributed by atoms with Gasteiger partial charge in [0.2, 0.25) is 0 Å². The molecular weight excluding hydrogens is 242 g/mol. The lowest BCUT2D eigenvalue weighted by Gasteiger charge is -2.10. The first-order valence-corrected chi connectivity index (χ1v) is 6.47. The van der Waals surface area contributed by atoms with E-state index in [2.05, 4.69) is 5.32 Å². The van der Waals surface area contributed by atoms with Crippen molar-refractivity contribution in [2.75, 3.05) is 12.4 Å². The SMILES string of the molecule is O=C(N[C@@H]1CO[S@@](=O)C1)OCc1ccccc1. The highest BCUT2D eigenvalue weighted by molar-refractivity contribution is 7.80. The minimum atomic E-state index is -1.28. The molecule has 1 heterocycles. The highest BCUT2D eigenvalue weighted by Gasteiger charge is 2.24. The molecule has 0 bridgehead atoms. The Kier molecular flexibility index (Phi) is 4.11. The summed E-state index contributed by atoms with van der Waals surface area (Å²) < 4.78 is 20.8. The van der Waals surface area contributed by atoms with Crippen molar-refractivity contribution in [3.05, 3.63) is 35.9 Å². The largest absolute Gasteiger partial charge is 0.445 e. The number of ether oxygens (including phenoxy) is 1. The van der Waals surface area contributed by atoms with Crippen molar-refractivity contribution in [3.63, 3.8) is 0 Å². The predicted molar refractivity (Wildman–Crippen MR) is 62.5 cm³/mol. The number of amides is 1. The van der Waals surface area contributed by atoms with Gasteiger partial charge in [-0.15, -0.1) is 0 Å². The van der Waals surface area contributed by atoms with Crippen molar-refractivity contribution in [3.8, 4) is 0 Å². The summed E-state index contributed by atoms with van der Waals surface area (Å²) >= 11 is -1.28. The molecule has 0 saturated carbocycles. The normalized spacial score (nSPS) is 23.3. The van der Waals surface area contributed by atoms with Gasteiger partial charge in [0.05, 0.1) is 18.4 Å². The number of hydrogen-bond donors (Lipinski definition) is 1. The molecule has 6 heteroatoms. The summed E-state index contributed by atoms with van der Waals surface area (Å²) in [5.74, 6) is 0.320. The second-order valence-corrected chi connectivity index (χ2v) is 4.83. The maximum absolute atomic E-state index is 11.4. The molecule has 0 aromatic heterocycles. The minimum Gasteiger partial charge on any atom is -0.445 e. The van der Waals surface area contributed by atoms with E-state index in [-0.39, 0.29) is 19.3 Å². The zero-order chi connectivity index (χ0) is 12.1. The maximum Gasteiger partial charge on any atom is 0.407 e. The fourth-order valence-electron chi connectivity index (χ4n) is 1.43. The summed E-state index contributed by atoms with van der Waals surface area (Å²) in [6.45, 7) is 0.496. The van der Waals surface area contributed by atoms with Gasteiger partial charge < -0.3 is 10.1 Å². The number of nitrogens with one attached hydrogen (secondary N) is 1. The first-order valence-electron chi connectivity index (χ1n) is 5.23. The second kappa shape index (κ2) is 5.79. The van der Waals surface area contributed by atoms with Crippen LogP contribution in [0.3, 0.4) is 0 Å². The molecule has 5 nitrogen and oxygen atoms in total. The Bertz CT molecular complexity index is 409. The van der Waals surface area contributed by atoms with Gasteiger partial charge in [0.1, 0.15) is 6.61 Å². The Hall–Kier alpha value is -1.40. The molecular formula is C11H13NO4S. The Labute approximate surface area is 102 Å². The van der Waals surface area contributed by atoms with Gasteiger partial charge in [0, 0.05) is 0 Å². The van der Waals surface area contributed by atoms with Crippen molar-refractivity contribution in [2.24, 2.45) is 0 Å². The summed E-state index contributed by atoms with van der Waals surface area (Å²) in [5.41, 5.74) is 0.925. The van der Waals surface area contributed by atoms with Crippen LogP contribution in [-0.2, 0) is 26.6 Å². The van der Waals surface area contributed by atoms with Crippen LogP contribution >= 0.6 is 0 Å². The van der Waals surface area contributed by atoms with Gasteiger partial charge in [-0.1, -0.05) is 30.3 Å². The van der Waals surface area contributed by atoms with Crippen LogP contribution in [0.2, 0.25) is 0 Å². The summed E-state index contributed by atoms with van der Waals surface area (Å²) in [7, 11) is 0. The summed E-state index contributed by atoms with van der Waals surface area (Å²) in [5, 5.41) is 2.60. The molecule has 0 spiro atoms. The quantitative estimate of drug-likeness (QED) is 0.874. The Morgan fingerprint density at radius 2 is 2.24 bits per heavy atom. The van der Waals surface area contributed by atoms with E-state index in [4.69, 9.17) is 8.92 Å². The smallest absolute Gasteiger partial charge is 0.407 e. The average molecular weight is 255 g/mol. The van der Waals surface area contributed by atoms with Crippen molar-refractivity contribution in [1.82, 2.24) is 5.32 Å². The lowest BCUT2D eigenvalue weighted by atomic mass is 10.2. The molecule has 0 aliphatic carbocycles. The molecule has 92 valence electrons. The van der Waals surface area contributed by atoms with E-state index < -0.39 is 17.2 Å². The molecule has 0 radical (unpaired) electrons. The van der Waals surface area contributed by atoms with Crippen LogP contribution in [0.4, 0.5) is 4.79 Å². The molecule has 1 amide bonds. The third-order valence-corrected chi connectivity index (χ3v) is 3.35. The minimum absolute atomic E-state index is 0.223. The van der Waals surface area contributed by atoms with Crippen molar-refractivity contribution in [1.29, 1.82) is 0 Å². The van der Waals surface area contributed by atoms with Gasteiger partial charge in [-0.25, -0.2) is 9.00 Å². The van der Waals surface area contributed by atoms with Crippen LogP contribution in [-0.4, -0.2) is 28.7 Å². The zero-order valence-corrected chi connectivity index (χ0v) is 9.94. The van der Waals surface area contributed by atoms with Crippen LogP contribution in [0.5, 0.6) is 0 Å². The number of carbonyl (C=O) groups is 1. The molecule has 1 saturated heterocycles. The topological polar surface area (TPSA) is 64.6 Å². The van der Waals surface area contributed by atoms with Gasteiger partial charge in [-0.05, 0) is 5.56 Å². The molecule has 1 aliphatic heterocycles. The molecule has 1 fully saturated rings. The number of hydrogen-bond acceptors (Lipinski definition) is 4. The third kappa shape index (κ3) is 3.83. The number of carbonyl (C=O) groups excluding carboxylic acids is 1. The van der Waals surface area contributed by atoms with Crippen molar-refractivity contribution in [2.45, 2.75) is 12.6 Å². The summed E-state index contributed by atoms with van der Waals surface area (Å²) in [4.78, 5) is 11.4. The predicted octanol–water partition coefficient (Wildman–Crippen LogP) is 0.975. The first-order chi connectivity index (χ1) is 8.24. The van der Waals surface area contributed by atoms with E-state index in [0.29, 0.717) is 5.75 Å². The van der Waals surface area contributed by atoms with Gasteiger partial charge in [-0.2, -0.15) is 0 Å². The Balaban J connectivity index is 1.73. The van der Waals surface area contributed by atoms with Crippen LogP contribution < -0.4 is 5.32 Å². The fraction of sp³-hybridized carbons (Fsp3) is 0.364. The first kappa shape index (κ1) is 12.1. The Morgan fingerprint density at radius 3 is 2.88 bits per heavy atom. The van der Waals surface area contributed by atoms with Gasteiger partial charge in [-0.3, -0.25) is 4.18 Å². The molecule has 1 N–H and O–H groups in total. The molecule has 1 aliphatic rings. The Morgan fingerprint density at radius 1 is 1.47 bits per heavy atom. The summed E-state index contributed by atoms with van der Waals surface area (Å²) in [6.07, 6.45) is -0.513. The number of alkyl carbamates (subject to hydrolysis) is 1. The average Bonchev–Trinajstić information content (AvgIpc) is 2.73. The van der Waals surface area contributed by atoms with Crippen LogP contribution in [0.15, 0.2) is 30.3 Å². The van der Waals surface area contributed by atoms with Crippen LogP contribution in [0.25, 0.3) is 0 Å². The van der Waals surface area contributed by atoms with Gasteiger partial charge in [0.15, 0.2) is 11.1 Å². The van der Waals surface area contributed by atoms with E-state index >= 15 is 0 Å². The van der Waals surface area contributed by atoms with Gasteiger partial charge >= 0.3 is 6.09 Å². The molecule has 17 heavy (non-hydrogen) atoms. The van der Waals surface area contributed by atoms with E-state index in [1.807, 2.05) is 30.3 Å². The molecule has 1 aromatic rings. The third-order valence-electron chi connectivity index (χ3n) is 2.27. The molecule has 1 aromatic carbocycles.